The van der Waals surface area contributed by atoms with Gasteiger partial charge in [-0.2, -0.15) is 0 Å². The lowest BCUT2D eigenvalue weighted by molar-refractivity contribution is -0.116. The number of alkyl carbamates (subject to hydrolysis) is 1. The number of fused-ring (bicyclic) bond motifs is 1. The standard InChI is InChI=1S/C25H23FN2O4/c1-3-14(4-2)18(13-22-24(30)28-25(31)32-22)17-10-11-21(27-23(17)29)16-9-8-15-6-5-7-20(26)19(15)12-16/h5-14,18H,3-4H2,1-2H3,(H,27,29)(H,28,30,31)/b22-13-. The molecule has 1 aliphatic rings. The molecule has 32 heavy (non-hydrogen) atoms. The Hall–Kier alpha value is -3.74. The second-order valence-corrected chi connectivity index (χ2v) is 7.81. The maximum absolute atomic E-state index is 14.2. The number of H-pyrrole nitrogens is 1. The molecule has 2 heterocycles. The van der Waals surface area contributed by atoms with Crippen molar-refractivity contribution >= 4 is 22.8 Å². The molecule has 6 nitrogen and oxygen atoms in total. The van der Waals surface area contributed by atoms with Crippen LogP contribution in [0, 0.1) is 11.7 Å². The molecule has 4 rings (SSSR count). The van der Waals surface area contributed by atoms with Crippen LogP contribution in [0.3, 0.4) is 0 Å². The maximum atomic E-state index is 14.2. The number of pyridine rings is 1. The third-order valence-corrected chi connectivity index (χ3v) is 5.97. The fourth-order valence-corrected chi connectivity index (χ4v) is 4.19. The Morgan fingerprint density at radius 1 is 1.03 bits per heavy atom. The number of benzene rings is 2. The SMILES string of the molecule is CCC(CC)C(/C=C1\OC(=O)NC1=O)c1ccc(-c2ccc3cccc(F)c3c2)[nH]c1=O. The summed E-state index contributed by atoms with van der Waals surface area (Å²) in [5.41, 5.74) is 1.41. The van der Waals surface area contributed by atoms with Gasteiger partial charge in [0.15, 0.2) is 5.76 Å². The number of aromatic nitrogens is 1. The highest BCUT2D eigenvalue weighted by molar-refractivity contribution is 6.07. The summed E-state index contributed by atoms with van der Waals surface area (Å²) >= 11 is 0. The van der Waals surface area contributed by atoms with Gasteiger partial charge in [0.1, 0.15) is 5.82 Å². The Balaban J connectivity index is 1.75. The van der Waals surface area contributed by atoms with E-state index in [1.165, 1.54) is 6.07 Å². The third kappa shape index (κ3) is 4.06. The molecular weight excluding hydrogens is 411 g/mol. The van der Waals surface area contributed by atoms with E-state index in [2.05, 4.69) is 10.3 Å². The quantitative estimate of drug-likeness (QED) is 0.534. The predicted molar refractivity (Wildman–Crippen MR) is 119 cm³/mol. The van der Waals surface area contributed by atoms with Gasteiger partial charge in [-0.25, -0.2) is 9.18 Å². The smallest absolute Gasteiger partial charge is 0.404 e. The molecule has 1 atom stereocenters. The molecule has 0 saturated carbocycles. The topological polar surface area (TPSA) is 88.3 Å². The highest BCUT2D eigenvalue weighted by atomic mass is 19.1. The summed E-state index contributed by atoms with van der Waals surface area (Å²) < 4.78 is 19.2. The highest BCUT2D eigenvalue weighted by Crippen LogP contribution is 2.32. The van der Waals surface area contributed by atoms with Gasteiger partial charge in [0.25, 0.3) is 11.5 Å². The molecule has 1 saturated heterocycles. The molecule has 2 amide bonds. The maximum Gasteiger partial charge on any atom is 0.419 e. The third-order valence-electron chi connectivity index (χ3n) is 5.97. The molecule has 0 aliphatic carbocycles. The first-order valence-corrected chi connectivity index (χ1v) is 10.6. The molecular formula is C25H23FN2O4. The van der Waals surface area contributed by atoms with Crippen LogP contribution in [0.15, 0.2) is 65.2 Å². The van der Waals surface area contributed by atoms with Gasteiger partial charge in [-0.3, -0.25) is 14.9 Å². The number of hydrogen-bond acceptors (Lipinski definition) is 4. The van der Waals surface area contributed by atoms with Crippen molar-refractivity contribution in [2.75, 3.05) is 0 Å². The summed E-state index contributed by atoms with van der Waals surface area (Å²) in [5, 5.41) is 3.33. The van der Waals surface area contributed by atoms with Gasteiger partial charge in [0.2, 0.25) is 0 Å². The van der Waals surface area contributed by atoms with Crippen LogP contribution >= 0.6 is 0 Å². The van der Waals surface area contributed by atoms with E-state index >= 15 is 0 Å². The number of amides is 2. The number of hydrogen-bond donors (Lipinski definition) is 2. The summed E-state index contributed by atoms with van der Waals surface area (Å²) in [6, 6.07) is 13.7. The lowest BCUT2D eigenvalue weighted by Crippen LogP contribution is -2.22. The van der Waals surface area contributed by atoms with E-state index in [0.717, 1.165) is 18.2 Å². The molecule has 1 fully saturated rings. The van der Waals surface area contributed by atoms with Crippen molar-refractivity contribution in [3.8, 4) is 11.3 Å². The molecule has 0 spiro atoms. The second kappa shape index (κ2) is 8.78. The van der Waals surface area contributed by atoms with Crippen molar-refractivity contribution in [2.24, 2.45) is 5.92 Å². The first-order chi connectivity index (χ1) is 15.4. The fraction of sp³-hybridized carbons (Fsp3) is 0.240. The van der Waals surface area contributed by atoms with Crippen LogP contribution in [0.25, 0.3) is 22.0 Å². The zero-order valence-electron chi connectivity index (χ0n) is 17.8. The number of rotatable bonds is 6. The summed E-state index contributed by atoms with van der Waals surface area (Å²) in [7, 11) is 0. The van der Waals surface area contributed by atoms with Crippen LogP contribution in [0.5, 0.6) is 0 Å². The lowest BCUT2D eigenvalue weighted by Gasteiger charge is -2.22. The first kappa shape index (κ1) is 21.5. The summed E-state index contributed by atoms with van der Waals surface area (Å²) in [6.45, 7) is 4.01. The van der Waals surface area contributed by atoms with Crippen LogP contribution in [0.4, 0.5) is 9.18 Å². The minimum Gasteiger partial charge on any atom is -0.404 e. The molecule has 7 heteroatoms. The van der Waals surface area contributed by atoms with Crippen molar-refractivity contribution in [1.82, 2.24) is 10.3 Å². The highest BCUT2D eigenvalue weighted by Gasteiger charge is 2.30. The first-order valence-electron chi connectivity index (χ1n) is 10.6. The fourth-order valence-electron chi connectivity index (χ4n) is 4.19. The number of cyclic esters (lactones) is 1. The van der Waals surface area contributed by atoms with Gasteiger partial charge in [-0.1, -0.05) is 57.0 Å². The summed E-state index contributed by atoms with van der Waals surface area (Å²) in [5.74, 6) is -1.38. The van der Waals surface area contributed by atoms with Gasteiger partial charge >= 0.3 is 6.09 Å². The Labute approximate surface area is 184 Å². The van der Waals surface area contributed by atoms with Crippen LogP contribution in [0.2, 0.25) is 0 Å². The van der Waals surface area contributed by atoms with Gasteiger partial charge in [-0.15, -0.1) is 0 Å². The number of allylic oxidation sites excluding steroid dienone is 1. The molecule has 2 aromatic carbocycles. The van der Waals surface area contributed by atoms with Crippen LogP contribution in [-0.2, 0) is 9.53 Å². The number of nitrogens with one attached hydrogen (secondary N) is 2. The predicted octanol–water partition coefficient (Wildman–Crippen LogP) is 5.00. The van der Waals surface area contributed by atoms with E-state index in [9.17, 15) is 18.8 Å². The summed E-state index contributed by atoms with van der Waals surface area (Å²) in [6.07, 6.45) is 2.27. The monoisotopic (exact) mass is 434 g/mol. The van der Waals surface area contributed by atoms with Gasteiger partial charge in [-0.05, 0) is 41.1 Å². The number of carbonyl (C=O) groups excluding carboxylic acids is 2. The largest absolute Gasteiger partial charge is 0.419 e. The van der Waals surface area contributed by atoms with E-state index in [-0.39, 0.29) is 23.1 Å². The zero-order valence-corrected chi connectivity index (χ0v) is 17.8. The second-order valence-electron chi connectivity index (χ2n) is 7.81. The normalized spacial score (nSPS) is 15.9. The number of imide groups is 1. The lowest BCUT2D eigenvalue weighted by atomic mass is 9.82. The average molecular weight is 434 g/mol. The van der Waals surface area contributed by atoms with Crippen LogP contribution in [-0.4, -0.2) is 17.0 Å². The van der Waals surface area contributed by atoms with Gasteiger partial charge in [0.05, 0.1) is 0 Å². The van der Waals surface area contributed by atoms with E-state index in [0.29, 0.717) is 22.2 Å². The number of aromatic amines is 1. The Kier molecular flexibility index (Phi) is 5.90. The van der Waals surface area contributed by atoms with Gasteiger partial charge in [0, 0.05) is 22.6 Å². The molecule has 0 radical (unpaired) electrons. The summed E-state index contributed by atoms with van der Waals surface area (Å²) in [4.78, 5) is 39.3. The zero-order chi connectivity index (χ0) is 22.8. The molecule has 1 aliphatic heterocycles. The Morgan fingerprint density at radius 2 is 1.81 bits per heavy atom. The average Bonchev–Trinajstić information content (AvgIpc) is 3.10. The van der Waals surface area contributed by atoms with Crippen LogP contribution < -0.4 is 10.9 Å². The van der Waals surface area contributed by atoms with Crippen molar-refractivity contribution < 1.29 is 18.7 Å². The molecule has 164 valence electrons. The van der Waals surface area contributed by atoms with Crippen molar-refractivity contribution in [3.05, 3.63) is 82.1 Å². The molecule has 1 unspecified atom stereocenters. The van der Waals surface area contributed by atoms with Crippen molar-refractivity contribution in [1.29, 1.82) is 0 Å². The minimum absolute atomic E-state index is 0.0660. The molecule has 3 aromatic rings. The van der Waals surface area contributed by atoms with Crippen molar-refractivity contribution in [3.63, 3.8) is 0 Å². The molecule has 1 aromatic heterocycles. The van der Waals surface area contributed by atoms with E-state index in [1.54, 1.807) is 30.3 Å². The van der Waals surface area contributed by atoms with Gasteiger partial charge < -0.3 is 9.72 Å². The number of ether oxygens (including phenoxy) is 1. The van der Waals surface area contributed by atoms with E-state index < -0.39 is 17.9 Å². The minimum atomic E-state index is -0.822. The molecule has 0 bridgehead atoms. The Bertz CT molecular complexity index is 1290. The number of carbonyl (C=O) groups is 2. The van der Waals surface area contributed by atoms with E-state index in [4.69, 9.17) is 4.74 Å². The van der Waals surface area contributed by atoms with Crippen molar-refractivity contribution in [2.45, 2.75) is 32.6 Å². The number of halogens is 1. The molecule has 2 N–H and O–H groups in total. The van der Waals surface area contributed by atoms with Crippen LogP contribution in [0.1, 0.15) is 38.2 Å². The Morgan fingerprint density at radius 3 is 2.47 bits per heavy atom. The van der Waals surface area contributed by atoms with E-state index in [1.807, 2.05) is 32.0 Å².